The van der Waals surface area contributed by atoms with Crippen LogP contribution in [0.5, 0.6) is 11.5 Å². The van der Waals surface area contributed by atoms with Gasteiger partial charge in [-0.15, -0.1) is 0 Å². The van der Waals surface area contributed by atoms with Gasteiger partial charge in [0.15, 0.2) is 0 Å². The fourth-order valence-electron chi connectivity index (χ4n) is 9.56. The molecular formula is C64H68N2O. The van der Waals surface area contributed by atoms with Crippen molar-refractivity contribution in [3.05, 3.63) is 208 Å². The lowest BCUT2D eigenvalue weighted by Gasteiger charge is -2.39. The Kier molecular flexibility index (Phi) is 11.7. The molecule has 9 rings (SSSR count). The highest BCUT2D eigenvalue weighted by molar-refractivity contribution is 5.85. The molecule has 2 atom stereocenters. The van der Waals surface area contributed by atoms with E-state index in [0.29, 0.717) is 11.8 Å². The molecule has 1 aliphatic heterocycles. The highest BCUT2D eigenvalue weighted by Gasteiger charge is 2.40. The van der Waals surface area contributed by atoms with Crippen molar-refractivity contribution < 1.29 is 4.74 Å². The first-order chi connectivity index (χ1) is 31.8. The van der Waals surface area contributed by atoms with Crippen LogP contribution in [0.25, 0.3) is 22.3 Å². The molecule has 0 saturated heterocycles. The number of fused-ring (bicyclic) bond motifs is 2. The zero-order valence-electron chi connectivity index (χ0n) is 42.0. The summed E-state index contributed by atoms with van der Waals surface area (Å²) in [6.07, 6.45) is 7.04. The van der Waals surface area contributed by atoms with Gasteiger partial charge in [0.05, 0.1) is 0 Å². The number of benzene rings is 7. The van der Waals surface area contributed by atoms with Gasteiger partial charge in [-0.1, -0.05) is 171 Å². The average Bonchev–Trinajstić information content (AvgIpc) is 3.29. The molecule has 0 aromatic heterocycles. The highest BCUT2D eigenvalue weighted by atomic mass is 16.5. The summed E-state index contributed by atoms with van der Waals surface area (Å²) < 4.78 is 7.49. The topological polar surface area (TPSA) is 15.7 Å². The lowest BCUT2D eigenvalue weighted by atomic mass is 9.70. The maximum absolute atomic E-state index is 7.49. The fourth-order valence-corrected chi connectivity index (χ4v) is 9.56. The summed E-state index contributed by atoms with van der Waals surface area (Å²) in [5.74, 6) is 2.80. The van der Waals surface area contributed by atoms with Crippen molar-refractivity contribution in [1.29, 1.82) is 0 Å². The Balaban J connectivity index is 1.17. The van der Waals surface area contributed by atoms with E-state index in [9.17, 15) is 0 Å². The first-order valence-electron chi connectivity index (χ1n) is 24.2. The lowest BCUT2D eigenvalue weighted by Crippen LogP contribution is -2.27. The maximum atomic E-state index is 7.49. The average molecular weight is 881 g/mol. The summed E-state index contributed by atoms with van der Waals surface area (Å²) in [6, 6.07) is 54.3. The molecule has 0 N–H and O–H groups in total. The SMILES string of the molecule is Cc1ccc(N(C2=CC(C)C(C)C=C2)c2ccc(-c3cc(C(C)(C)C)cc4c3Oc3c(-c5ccc(N(c6ccc(C)cc6)c6ccc(C)cc6)cc5)cc(C(C)(C)C)cc3C4(C)C)cc2)cc1. The Morgan fingerprint density at radius 2 is 0.791 bits per heavy atom. The maximum Gasteiger partial charge on any atom is 0.139 e. The van der Waals surface area contributed by atoms with Gasteiger partial charge in [-0.25, -0.2) is 0 Å². The van der Waals surface area contributed by atoms with Crippen LogP contribution in [-0.4, -0.2) is 0 Å². The molecule has 67 heavy (non-hydrogen) atoms. The van der Waals surface area contributed by atoms with Gasteiger partial charge in [0, 0.05) is 61.8 Å². The van der Waals surface area contributed by atoms with E-state index in [2.05, 4.69) is 264 Å². The third-order valence-corrected chi connectivity index (χ3v) is 14.3. The normalized spacial score (nSPS) is 16.4. The first-order valence-corrected chi connectivity index (χ1v) is 24.2. The van der Waals surface area contributed by atoms with Gasteiger partial charge in [0.25, 0.3) is 0 Å². The standard InChI is InChI=1S/C64H68N2O/c1-41-14-25-50(26-15-41)65(51-27-16-42(2)17-28-51)53-32-21-46(22-33-53)56-37-48(62(6,7)8)39-58-60(56)67-61-57(38-49(63(9,10)11)40-59(61)64(58,12)13)47-23-34-54(35-24-47)66(52-29-18-43(3)19-30-52)55-31-20-44(4)45(5)36-55/h14-40,44-45H,1-13H3. The van der Waals surface area contributed by atoms with E-state index in [0.717, 1.165) is 62.2 Å². The summed E-state index contributed by atoms with van der Waals surface area (Å²) in [6.45, 7) is 29.7. The third-order valence-electron chi connectivity index (χ3n) is 14.3. The molecule has 3 nitrogen and oxygen atoms in total. The molecule has 340 valence electrons. The zero-order valence-corrected chi connectivity index (χ0v) is 42.0. The monoisotopic (exact) mass is 881 g/mol. The smallest absolute Gasteiger partial charge is 0.139 e. The minimum absolute atomic E-state index is 0.0822. The molecule has 0 amide bonds. The van der Waals surface area contributed by atoms with Crippen molar-refractivity contribution in [2.75, 3.05) is 9.80 Å². The molecule has 0 spiro atoms. The predicted molar refractivity (Wildman–Crippen MR) is 286 cm³/mol. The van der Waals surface area contributed by atoms with Gasteiger partial charge in [0.1, 0.15) is 11.5 Å². The molecule has 0 radical (unpaired) electrons. The molecule has 2 aliphatic rings. The second kappa shape index (κ2) is 17.3. The highest BCUT2D eigenvalue weighted by Crippen LogP contribution is 2.56. The molecule has 7 aromatic rings. The van der Waals surface area contributed by atoms with Gasteiger partial charge in [-0.2, -0.15) is 0 Å². The Hall–Kier alpha value is -6.58. The summed E-state index contributed by atoms with van der Waals surface area (Å²) in [4.78, 5) is 4.73. The largest absolute Gasteiger partial charge is 0.455 e. The van der Waals surface area contributed by atoms with Crippen LogP contribution in [0.4, 0.5) is 28.4 Å². The van der Waals surface area contributed by atoms with Gasteiger partial charge in [0.2, 0.25) is 0 Å². The van der Waals surface area contributed by atoms with Crippen LogP contribution in [-0.2, 0) is 16.2 Å². The minimum Gasteiger partial charge on any atom is -0.455 e. The van der Waals surface area contributed by atoms with Crippen LogP contribution < -0.4 is 14.5 Å². The molecule has 7 aromatic carbocycles. The summed E-state index contributed by atoms with van der Waals surface area (Å²) in [7, 11) is 0. The summed E-state index contributed by atoms with van der Waals surface area (Å²) in [5, 5.41) is 0. The quantitative estimate of drug-likeness (QED) is 0.151. The molecular weight excluding hydrogens is 813 g/mol. The van der Waals surface area contributed by atoms with Crippen LogP contribution in [0.15, 0.2) is 170 Å². The Bertz CT molecular complexity index is 2940. The van der Waals surface area contributed by atoms with Crippen molar-refractivity contribution in [3.63, 3.8) is 0 Å². The minimum atomic E-state index is -0.363. The van der Waals surface area contributed by atoms with E-state index in [1.165, 1.54) is 44.6 Å². The number of hydrogen-bond acceptors (Lipinski definition) is 3. The second-order valence-electron chi connectivity index (χ2n) is 22.0. The molecule has 2 unspecified atom stereocenters. The van der Waals surface area contributed by atoms with E-state index >= 15 is 0 Å². The van der Waals surface area contributed by atoms with Gasteiger partial charge in [-0.3, -0.25) is 0 Å². The molecule has 0 bridgehead atoms. The number of ether oxygens (including phenoxy) is 1. The number of anilines is 5. The van der Waals surface area contributed by atoms with Crippen LogP contribution >= 0.6 is 0 Å². The van der Waals surface area contributed by atoms with E-state index in [4.69, 9.17) is 4.74 Å². The predicted octanol–water partition coefficient (Wildman–Crippen LogP) is 18.3. The number of rotatable bonds is 8. The van der Waals surface area contributed by atoms with Crippen LogP contribution in [0, 0.1) is 32.6 Å². The van der Waals surface area contributed by atoms with E-state index in [1.54, 1.807) is 0 Å². The Morgan fingerprint density at radius 3 is 1.13 bits per heavy atom. The van der Waals surface area contributed by atoms with Gasteiger partial charge >= 0.3 is 0 Å². The summed E-state index contributed by atoms with van der Waals surface area (Å²) in [5.41, 5.74) is 19.5. The van der Waals surface area contributed by atoms with Crippen LogP contribution in [0.2, 0.25) is 0 Å². The number of hydrogen-bond donors (Lipinski definition) is 0. The van der Waals surface area contributed by atoms with E-state index in [1.807, 2.05) is 0 Å². The number of allylic oxidation sites excluding steroid dienone is 3. The molecule has 1 heterocycles. The molecule has 0 fully saturated rings. The summed E-state index contributed by atoms with van der Waals surface area (Å²) >= 11 is 0. The van der Waals surface area contributed by atoms with Crippen molar-refractivity contribution in [2.45, 2.75) is 106 Å². The van der Waals surface area contributed by atoms with E-state index in [-0.39, 0.29) is 16.2 Å². The Morgan fingerprint density at radius 1 is 0.448 bits per heavy atom. The van der Waals surface area contributed by atoms with E-state index < -0.39 is 0 Å². The van der Waals surface area contributed by atoms with Crippen LogP contribution in [0.3, 0.4) is 0 Å². The van der Waals surface area contributed by atoms with Crippen molar-refractivity contribution in [3.8, 4) is 33.8 Å². The zero-order chi connectivity index (χ0) is 47.6. The second-order valence-corrected chi connectivity index (χ2v) is 22.0. The van der Waals surface area contributed by atoms with Crippen molar-refractivity contribution in [2.24, 2.45) is 11.8 Å². The number of nitrogens with zero attached hydrogens (tertiary/aromatic N) is 2. The fraction of sp³-hybridized carbons (Fsp3) is 0.281. The molecule has 0 saturated carbocycles. The van der Waals surface area contributed by atoms with Crippen molar-refractivity contribution >= 4 is 28.4 Å². The number of aryl methyl sites for hydroxylation is 3. The Labute approximate surface area is 401 Å². The first kappa shape index (κ1) is 45.6. The lowest BCUT2D eigenvalue weighted by molar-refractivity contribution is 0.418. The van der Waals surface area contributed by atoms with Crippen molar-refractivity contribution in [1.82, 2.24) is 0 Å². The molecule has 3 heteroatoms. The van der Waals surface area contributed by atoms with Gasteiger partial charge in [-0.05, 0) is 145 Å². The third kappa shape index (κ3) is 8.89. The van der Waals surface area contributed by atoms with Crippen LogP contribution in [0.1, 0.15) is 108 Å². The van der Waals surface area contributed by atoms with Gasteiger partial charge < -0.3 is 14.5 Å². The molecule has 1 aliphatic carbocycles.